The zero-order valence-electron chi connectivity index (χ0n) is 54.9. The largest absolute Gasteiger partial charge is 0.467 e. The van der Waals surface area contributed by atoms with Crippen LogP contribution in [0.3, 0.4) is 0 Å². The molecule has 0 heterocycles. The van der Waals surface area contributed by atoms with E-state index in [1.165, 1.54) is 225 Å². The van der Waals surface area contributed by atoms with Crippen molar-refractivity contribution in [3.8, 4) is 0 Å². The molecule has 10 nitrogen and oxygen atoms in total. The van der Waals surface area contributed by atoms with Crippen LogP contribution in [0, 0.1) is 5.92 Å². The Kier molecular flexibility index (Phi) is 100.0. The normalized spacial score (nSPS) is 11.0. The van der Waals surface area contributed by atoms with Crippen LogP contribution in [0.1, 0.15) is 332 Å². The molecule has 0 aliphatic heterocycles. The van der Waals surface area contributed by atoms with Gasteiger partial charge in [-0.3, -0.25) is 4.79 Å². The van der Waals surface area contributed by atoms with Crippen molar-refractivity contribution < 1.29 is 38.1 Å². The summed E-state index contributed by atoms with van der Waals surface area (Å²) in [5, 5.41) is 3.39. The highest BCUT2D eigenvalue weighted by Crippen LogP contribution is 2.18. The van der Waals surface area contributed by atoms with Crippen LogP contribution in [-0.4, -0.2) is 110 Å². The van der Waals surface area contributed by atoms with E-state index < -0.39 is 0 Å². The summed E-state index contributed by atoms with van der Waals surface area (Å²) in [6, 6.07) is 0. The second-order valence-electron chi connectivity index (χ2n) is 21.3. The van der Waals surface area contributed by atoms with Gasteiger partial charge < -0.3 is 43.5 Å². The van der Waals surface area contributed by atoms with Gasteiger partial charge in [0.25, 0.3) is 6.47 Å². The van der Waals surface area contributed by atoms with Crippen LogP contribution in [0.4, 0.5) is 0 Å². The van der Waals surface area contributed by atoms with Crippen molar-refractivity contribution in [2.24, 2.45) is 5.92 Å². The monoisotopic (exact) mass is 1120 g/mol. The molecule has 0 saturated carbocycles. The minimum atomic E-state index is 0.234. The third kappa shape index (κ3) is 88.1. The number of unbranched alkanes of at least 4 members (excludes halogenated alkanes) is 31. The number of rotatable bonds is 57. The van der Waals surface area contributed by atoms with Gasteiger partial charge in [-0.1, -0.05) is 255 Å². The highest BCUT2D eigenvalue weighted by Gasteiger charge is 2.10. The second-order valence-corrected chi connectivity index (χ2v) is 21.3. The first-order valence-electron chi connectivity index (χ1n) is 33.6. The molecule has 1 atom stereocenters. The third-order valence-electron chi connectivity index (χ3n) is 14.2. The highest BCUT2D eigenvalue weighted by atomic mass is 16.5. The van der Waals surface area contributed by atoms with Crippen molar-refractivity contribution in [2.45, 2.75) is 344 Å². The Balaban J connectivity index is -0.000000212. The summed E-state index contributed by atoms with van der Waals surface area (Å²) >= 11 is 0. The molecular formula is C68H142N2O8. The molecule has 0 bridgehead atoms. The maximum Gasteiger partial charge on any atom is 0.293 e. The molecule has 0 aromatic heterocycles. The van der Waals surface area contributed by atoms with Gasteiger partial charge in [-0.2, -0.15) is 0 Å². The Morgan fingerprint density at radius 3 is 0.962 bits per heavy atom. The van der Waals surface area contributed by atoms with E-state index in [2.05, 4.69) is 58.7 Å². The van der Waals surface area contributed by atoms with Crippen LogP contribution in [0.15, 0.2) is 0 Å². The maximum absolute atomic E-state index is 10.2. The molecule has 0 rings (SSSR count). The maximum atomic E-state index is 10.2. The lowest BCUT2D eigenvalue weighted by atomic mass is 10.0. The zero-order chi connectivity index (χ0) is 59.3. The Labute approximate surface area is 489 Å². The molecule has 0 spiro atoms. The van der Waals surface area contributed by atoms with Crippen molar-refractivity contribution in [1.82, 2.24) is 10.2 Å². The van der Waals surface area contributed by atoms with Gasteiger partial charge in [-0.25, -0.2) is 0 Å². The number of carbonyl (C=O) groups is 4. The van der Waals surface area contributed by atoms with Gasteiger partial charge in [0, 0.05) is 53.1 Å². The summed E-state index contributed by atoms with van der Waals surface area (Å²) < 4.78 is 21.1. The summed E-state index contributed by atoms with van der Waals surface area (Å²) in [6.45, 7) is 26.5. The Morgan fingerprint density at radius 1 is 0.385 bits per heavy atom. The molecule has 0 aromatic rings. The number of nitrogens with one attached hydrogen (secondary N) is 1. The van der Waals surface area contributed by atoms with Gasteiger partial charge in [0.05, 0.1) is 25.4 Å². The number of hydrogen-bond donors (Lipinski definition) is 1. The average Bonchev–Trinajstić information content (AvgIpc) is 3.46. The minimum absolute atomic E-state index is 0.234. The van der Waals surface area contributed by atoms with Crippen LogP contribution >= 0.6 is 0 Å². The number of carbonyl (C=O) groups excluding carboxylic acids is 4. The zero-order valence-corrected chi connectivity index (χ0v) is 54.9. The van der Waals surface area contributed by atoms with Crippen LogP contribution in [0.5, 0.6) is 0 Å². The van der Waals surface area contributed by atoms with Gasteiger partial charge in [-0.15, -0.1) is 0 Å². The van der Waals surface area contributed by atoms with Gasteiger partial charge in [0.2, 0.25) is 0 Å². The molecule has 0 aliphatic rings. The molecule has 0 fully saturated rings. The Bertz CT molecular complexity index is 939. The molecule has 472 valence electrons. The summed E-state index contributed by atoms with van der Waals surface area (Å²) in [5.74, 6) is 0.234. The summed E-state index contributed by atoms with van der Waals surface area (Å²) in [6.07, 6.45) is 57.2. The number of ether oxygens (including phenoxy) is 4. The van der Waals surface area contributed by atoms with Crippen LogP contribution in [0.2, 0.25) is 0 Å². The van der Waals surface area contributed by atoms with Crippen molar-refractivity contribution in [1.29, 1.82) is 0 Å². The molecule has 0 aromatic carbocycles. The average molecular weight is 1120 g/mol. The van der Waals surface area contributed by atoms with E-state index in [4.69, 9.17) is 18.9 Å². The van der Waals surface area contributed by atoms with Gasteiger partial charge in [-0.05, 0) is 84.0 Å². The number of hydrogen-bond acceptors (Lipinski definition) is 10. The quantitative estimate of drug-likeness (QED) is 0.0466. The molecule has 0 aliphatic carbocycles. The van der Waals surface area contributed by atoms with Crippen LogP contribution in [-0.2, 0) is 38.1 Å². The topological polar surface area (TPSA) is 120 Å². The SMILES string of the molecule is CC.CCCCCCCC=O.CCCCCCCCC(CCCCCCCC)OC.CCCCCCCCC(CCCCCCCC)OC.CCN(CC)CCCCNCC(COC)COC=O.O=CCCCCCCC=O. The molecule has 0 saturated heterocycles. The van der Waals surface area contributed by atoms with Crippen molar-refractivity contribution in [3.63, 3.8) is 0 Å². The summed E-state index contributed by atoms with van der Waals surface area (Å²) in [5.41, 5.74) is 0. The van der Waals surface area contributed by atoms with E-state index in [0.717, 1.165) is 83.6 Å². The van der Waals surface area contributed by atoms with E-state index in [0.29, 0.717) is 44.7 Å². The second kappa shape index (κ2) is 89.1. The van der Waals surface area contributed by atoms with E-state index in [9.17, 15) is 19.2 Å². The predicted octanol–water partition coefficient (Wildman–Crippen LogP) is 19.4. The number of nitrogens with zero attached hydrogens (tertiary/aromatic N) is 1. The van der Waals surface area contributed by atoms with Gasteiger partial charge in [0.1, 0.15) is 18.9 Å². The smallest absolute Gasteiger partial charge is 0.293 e. The molecule has 0 amide bonds. The first-order chi connectivity index (χ1) is 38.3. The minimum Gasteiger partial charge on any atom is -0.467 e. The third-order valence-corrected chi connectivity index (χ3v) is 14.2. The lowest BCUT2D eigenvalue weighted by molar-refractivity contribution is -0.130. The molecule has 1 N–H and O–H groups in total. The molecule has 0 radical (unpaired) electrons. The Hall–Kier alpha value is -1.72. The predicted molar refractivity (Wildman–Crippen MR) is 341 cm³/mol. The molecular weight excluding hydrogens is 973 g/mol. The lowest BCUT2D eigenvalue weighted by Gasteiger charge is -2.18. The van der Waals surface area contributed by atoms with E-state index in [1.54, 1.807) is 7.11 Å². The first kappa shape index (κ1) is 87.5. The standard InChI is InChI=1S/2C18H38O.C14H30N2O3.C8H14O2.C8H16O.C2H6/c2*1-4-6-8-10-12-14-16-18(19-3)17-15-13-11-9-7-5-2;1-4-16(5-2)9-7-6-8-15-10-14(11-18-3)12-19-13-17;9-7-5-3-1-2-4-6-8-10;1-2-3-4-5-6-7-8-9;1-2/h2*18H,4-17H2,1-3H3;13-15H,4-12H2,1-3H3;7-8H,1-6H2;8H,2-7H2,1H3;1-2H3. The number of methoxy groups -OCH3 is 3. The fourth-order valence-corrected chi connectivity index (χ4v) is 9.02. The molecule has 1 unspecified atom stereocenters. The summed E-state index contributed by atoms with van der Waals surface area (Å²) in [4.78, 5) is 42.1. The lowest BCUT2D eigenvalue weighted by Crippen LogP contribution is -2.30. The van der Waals surface area contributed by atoms with Crippen LogP contribution in [0.25, 0.3) is 0 Å². The van der Waals surface area contributed by atoms with Gasteiger partial charge in [0.15, 0.2) is 0 Å². The van der Waals surface area contributed by atoms with Crippen molar-refractivity contribution in [3.05, 3.63) is 0 Å². The fourth-order valence-electron chi connectivity index (χ4n) is 9.02. The van der Waals surface area contributed by atoms with Gasteiger partial charge >= 0.3 is 0 Å². The van der Waals surface area contributed by atoms with Crippen molar-refractivity contribution in [2.75, 3.05) is 67.3 Å². The van der Waals surface area contributed by atoms with E-state index >= 15 is 0 Å². The van der Waals surface area contributed by atoms with E-state index in [1.807, 2.05) is 28.1 Å². The van der Waals surface area contributed by atoms with Crippen LogP contribution < -0.4 is 5.32 Å². The number of aldehydes is 3. The fraction of sp³-hybridized carbons (Fsp3) is 0.941. The molecule has 10 heteroatoms. The summed E-state index contributed by atoms with van der Waals surface area (Å²) in [7, 11) is 5.44. The van der Waals surface area contributed by atoms with E-state index in [-0.39, 0.29) is 5.92 Å². The molecule has 78 heavy (non-hydrogen) atoms. The Morgan fingerprint density at radius 2 is 0.692 bits per heavy atom. The highest BCUT2D eigenvalue weighted by molar-refractivity contribution is 5.49. The first-order valence-corrected chi connectivity index (χ1v) is 33.6. The van der Waals surface area contributed by atoms with Crippen molar-refractivity contribution >= 4 is 25.3 Å².